The van der Waals surface area contributed by atoms with Gasteiger partial charge in [-0.05, 0) is 48.6 Å². The Kier molecular flexibility index (Phi) is 16.3. The number of unbranched alkanes of at least 4 members (excludes halogenated alkanes) is 13. The Bertz CT molecular complexity index is 735. The lowest BCUT2D eigenvalue weighted by Crippen LogP contribution is -2.01. The summed E-state index contributed by atoms with van der Waals surface area (Å²) in [6.07, 6.45) is 20.1. The molecule has 0 N–H and O–H groups in total. The second-order valence-corrected chi connectivity index (χ2v) is 10.1. The molecule has 2 rings (SSSR count). The van der Waals surface area contributed by atoms with Gasteiger partial charge in [0.2, 0.25) is 0 Å². The van der Waals surface area contributed by atoms with Crippen molar-refractivity contribution in [1.82, 2.24) is 0 Å². The van der Waals surface area contributed by atoms with Crippen molar-refractivity contribution < 1.29 is 9.47 Å². The Labute approximate surface area is 216 Å². The van der Waals surface area contributed by atoms with E-state index in [0.717, 1.165) is 25.4 Å². The van der Waals surface area contributed by atoms with Gasteiger partial charge in [0.05, 0.1) is 12.7 Å². The zero-order chi connectivity index (χ0) is 25.0. The second kappa shape index (κ2) is 19.4. The first kappa shape index (κ1) is 29.4. The highest BCUT2D eigenvalue weighted by Gasteiger charge is 2.07. The zero-order valence-electron chi connectivity index (χ0n) is 23.0. The summed E-state index contributed by atoms with van der Waals surface area (Å²) in [6, 6.07) is 17.3. The zero-order valence-corrected chi connectivity index (χ0v) is 23.0. The smallest absolute Gasteiger partial charge is 0.119 e. The maximum atomic E-state index is 6.11. The first-order chi connectivity index (χ1) is 17.2. The van der Waals surface area contributed by atoms with Crippen LogP contribution in [-0.4, -0.2) is 13.2 Å². The summed E-state index contributed by atoms with van der Waals surface area (Å²) in [5, 5.41) is 0. The van der Waals surface area contributed by atoms with E-state index < -0.39 is 0 Å². The van der Waals surface area contributed by atoms with E-state index in [1.54, 1.807) is 0 Å². The molecule has 0 aromatic heterocycles. The van der Waals surface area contributed by atoms with Crippen LogP contribution in [0.1, 0.15) is 129 Å². The minimum Gasteiger partial charge on any atom is -0.494 e. The van der Waals surface area contributed by atoms with Crippen molar-refractivity contribution in [3.63, 3.8) is 0 Å². The molecule has 35 heavy (non-hydrogen) atoms. The number of benzene rings is 2. The molecule has 0 radical (unpaired) electrons. The topological polar surface area (TPSA) is 18.5 Å². The molecule has 0 aliphatic rings. The van der Waals surface area contributed by atoms with E-state index in [1.165, 1.54) is 107 Å². The van der Waals surface area contributed by atoms with Crippen molar-refractivity contribution >= 4 is 0 Å². The van der Waals surface area contributed by atoms with Crippen LogP contribution in [0.3, 0.4) is 0 Å². The highest BCUT2D eigenvalue weighted by atomic mass is 16.5. The quantitative estimate of drug-likeness (QED) is 0.165. The van der Waals surface area contributed by atoms with E-state index in [9.17, 15) is 0 Å². The summed E-state index contributed by atoms with van der Waals surface area (Å²) in [4.78, 5) is 0. The van der Waals surface area contributed by atoms with Gasteiger partial charge in [-0.25, -0.2) is 0 Å². The molecule has 0 saturated heterocycles. The molecule has 196 valence electrons. The van der Waals surface area contributed by atoms with E-state index in [0.29, 0.717) is 0 Å². The molecule has 1 atom stereocenters. The molecule has 0 aliphatic carbocycles. The van der Waals surface area contributed by atoms with Crippen LogP contribution in [0.25, 0.3) is 11.1 Å². The van der Waals surface area contributed by atoms with E-state index in [1.807, 2.05) is 0 Å². The lowest BCUT2D eigenvalue weighted by atomic mass is 10.0. The number of hydrogen-bond acceptors (Lipinski definition) is 2. The molecule has 2 heteroatoms. The lowest BCUT2D eigenvalue weighted by Gasteiger charge is -2.14. The summed E-state index contributed by atoms with van der Waals surface area (Å²) in [5.41, 5.74) is 3.72. The predicted octanol–water partition coefficient (Wildman–Crippen LogP) is 10.7. The lowest BCUT2D eigenvalue weighted by molar-refractivity contribution is 0.0627. The standard InChI is InChI=1S/C33H52O2/c1-4-6-8-10-11-12-13-14-16-17-27-34-29(3)30-19-21-31(22-20-30)32-23-25-33(26-24-32)35-28-18-15-9-7-5-2/h19-26,29H,4-18,27-28H2,1-3H3. The van der Waals surface area contributed by atoms with Crippen LogP contribution in [-0.2, 0) is 4.74 Å². The molecule has 0 fully saturated rings. The first-order valence-corrected chi connectivity index (χ1v) is 14.7. The summed E-state index contributed by atoms with van der Waals surface area (Å²) < 4.78 is 12.0. The minimum absolute atomic E-state index is 0.149. The van der Waals surface area contributed by atoms with Crippen molar-refractivity contribution in [1.29, 1.82) is 0 Å². The van der Waals surface area contributed by atoms with Gasteiger partial charge in [-0.2, -0.15) is 0 Å². The van der Waals surface area contributed by atoms with Gasteiger partial charge in [-0.15, -0.1) is 0 Å². The fraction of sp³-hybridized carbons (Fsp3) is 0.636. The van der Waals surface area contributed by atoms with Gasteiger partial charge >= 0.3 is 0 Å². The van der Waals surface area contributed by atoms with Gasteiger partial charge in [0, 0.05) is 6.61 Å². The molecule has 0 spiro atoms. The highest BCUT2D eigenvalue weighted by molar-refractivity contribution is 5.64. The summed E-state index contributed by atoms with van der Waals surface area (Å²) in [5.74, 6) is 0.967. The van der Waals surface area contributed by atoms with E-state index in [4.69, 9.17) is 9.47 Å². The van der Waals surface area contributed by atoms with E-state index in [2.05, 4.69) is 69.3 Å². The predicted molar refractivity (Wildman–Crippen MR) is 152 cm³/mol. The number of hydrogen-bond donors (Lipinski definition) is 0. The molecule has 2 aromatic carbocycles. The third-order valence-electron chi connectivity index (χ3n) is 6.95. The average Bonchev–Trinajstić information content (AvgIpc) is 2.89. The Hall–Kier alpha value is -1.80. The molecule has 2 aromatic rings. The van der Waals surface area contributed by atoms with Crippen molar-refractivity contribution in [2.45, 2.75) is 123 Å². The number of rotatable bonds is 21. The first-order valence-electron chi connectivity index (χ1n) is 14.7. The van der Waals surface area contributed by atoms with E-state index >= 15 is 0 Å². The Balaban J connectivity index is 1.60. The molecular formula is C33H52O2. The van der Waals surface area contributed by atoms with Crippen LogP contribution in [0.4, 0.5) is 0 Å². The Morgan fingerprint density at radius 3 is 1.46 bits per heavy atom. The summed E-state index contributed by atoms with van der Waals surface area (Å²) in [7, 11) is 0. The van der Waals surface area contributed by atoms with Crippen LogP contribution in [0, 0.1) is 0 Å². The number of ether oxygens (including phenoxy) is 2. The fourth-order valence-corrected chi connectivity index (χ4v) is 4.53. The third-order valence-corrected chi connectivity index (χ3v) is 6.95. The van der Waals surface area contributed by atoms with Crippen LogP contribution in [0.5, 0.6) is 5.75 Å². The van der Waals surface area contributed by atoms with Crippen LogP contribution in [0.15, 0.2) is 48.5 Å². The molecule has 0 bridgehead atoms. The highest BCUT2D eigenvalue weighted by Crippen LogP contribution is 2.25. The van der Waals surface area contributed by atoms with Crippen molar-refractivity contribution in [2.24, 2.45) is 0 Å². The van der Waals surface area contributed by atoms with Crippen molar-refractivity contribution in [2.75, 3.05) is 13.2 Å². The van der Waals surface area contributed by atoms with Crippen LogP contribution >= 0.6 is 0 Å². The largest absolute Gasteiger partial charge is 0.494 e. The maximum Gasteiger partial charge on any atom is 0.119 e. The summed E-state index contributed by atoms with van der Waals surface area (Å²) in [6.45, 7) is 8.37. The van der Waals surface area contributed by atoms with Gasteiger partial charge in [0.15, 0.2) is 0 Å². The SMILES string of the molecule is CCCCCCCCCCCCOC(C)c1ccc(-c2ccc(OCCCCCCC)cc2)cc1. The van der Waals surface area contributed by atoms with Gasteiger partial charge in [-0.1, -0.05) is 134 Å². The molecule has 2 nitrogen and oxygen atoms in total. The van der Waals surface area contributed by atoms with Crippen LogP contribution < -0.4 is 4.74 Å². The molecule has 0 amide bonds. The molecule has 0 saturated carbocycles. The van der Waals surface area contributed by atoms with Crippen molar-refractivity contribution in [3.05, 3.63) is 54.1 Å². The van der Waals surface area contributed by atoms with E-state index in [-0.39, 0.29) is 6.10 Å². The fourth-order valence-electron chi connectivity index (χ4n) is 4.53. The van der Waals surface area contributed by atoms with Crippen LogP contribution in [0.2, 0.25) is 0 Å². The normalized spacial score (nSPS) is 12.1. The maximum absolute atomic E-state index is 6.11. The monoisotopic (exact) mass is 480 g/mol. The Morgan fingerprint density at radius 1 is 0.514 bits per heavy atom. The minimum atomic E-state index is 0.149. The second-order valence-electron chi connectivity index (χ2n) is 10.1. The Morgan fingerprint density at radius 2 is 0.943 bits per heavy atom. The van der Waals surface area contributed by atoms with Gasteiger partial charge in [-0.3, -0.25) is 0 Å². The summed E-state index contributed by atoms with van der Waals surface area (Å²) >= 11 is 0. The molecule has 0 heterocycles. The van der Waals surface area contributed by atoms with Gasteiger partial charge in [0.25, 0.3) is 0 Å². The van der Waals surface area contributed by atoms with Crippen molar-refractivity contribution in [3.8, 4) is 16.9 Å². The molecule has 1 unspecified atom stereocenters. The van der Waals surface area contributed by atoms with Gasteiger partial charge < -0.3 is 9.47 Å². The average molecular weight is 481 g/mol. The molecule has 0 aliphatic heterocycles. The third kappa shape index (κ3) is 13.2. The molecular weight excluding hydrogens is 428 g/mol. The van der Waals surface area contributed by atoms with Gasteiger partial charge in [0.1, 0.15) is 5.75 Å².